The van der Waals surface area contributed by atoms with Crippen molar-refractivity contribution in [3.8, 4) is 0 Å². The number of hydrogen-bond acceptors (Lipinski definition) is 3. The van der Waals surface area contributed by atoms with Crippen molar-refractivity contribution in [2.45, 2.75) is 25.9 Å². The molecule has 1 atom stereocenters. The molecular formula is C13H15ClN2O2. The van der Waals surface area contributed by atoms with Crippen molar-refractivity contribution in [1.29, 1.82) is 0 Å². The quantitative estimate of drug-likeness (QED) is 0.873. The Morgan fingerprint density at radius 1 is 1.50 bits per heavy atom. The maximum absolute atomic E-state index is 10.8. The van der Waals surface area contributed by atoms with Crippen molar-refractivity contribution in [3.63, 3.8) is 0 Å². The minimum absolute atomic E-state index is 0.00669. The standard InChI is InChI=1S/C13H15ClN2O2/c1-8(6-12(15)17)16-7-10-9-4-2-3-5-11(9)18-13(10)14/h2-5,8,16H,6-7H2,1H3,(H2,15,17). The highest BCUT2D eigenvalue weighted by molar-refractivity contribution is 6.30. The molecule has 0 bridgehead atoms. The van der Waals surface area contributed by atoms with Gasteiger partial charge in [0.2, 0.25) is 5.91 Å². The Hall–Kier alpha value is -1.52. The molecule has 18 heavy (non-hydrogen) atoms. The van der Waals surface area contributed by atoms with Gasteiger partial charge in [0.15, 0.2) is 5.22 Å². The van der Waals surface area contributed by atoms with E-state index < -0.39 is 0 Å². The Bertz CT molecular complexity index is 565. The van der Waals surface area contributed by atoms with Gasteiger partial charge in [-0.25, -0.2) is 0 Å². The lowest BCUT2D eigenvalue weighted by Crippen LogP contribution is -2.30. The van der Waals surface area contributed by atoms with Gasteiger partial charge in [-0.3, -0.25) is 4.79 Å². The molecule has 96 valence electrons. The monoisotopic (exact) mass is 266 g/mol. The molecule has 1 heterocycles. The molecule has 0 saturated carbocycles. The molecule has 1 aromatic heterocycles. The van der Waals surface area contributed by atoms with E-state index in [1.165, 1.54) is 0 Å². The van der Waals surface area contributed by atoms with Gasteiger partial charge in [-0.1, -0.05) is 18.2 Å². The van der Waals surface area contributed by atoms with Crippen LogP contribution in [0.15, 0.2) is 28.7 Å². The van der Waals surface area contributed by atoms with Gasteiger partial charge in [0.25, 0.3) is 0 Å². The van der Waals surface area contributed by atoms with Gasteiger partial charge in [0.05, 0.1) is 0 Å². The Balaban J connectivity index is 2.12. The molecule has 0 aliphatic heterocycles. The van der Waals surface area contributed by atoms with Crippen LogP contribution in [0.25, 0.3) is 11.0 Å². The summed E-state index contributed by atoms with van der Waals surface area (Å²) in [4.78, 5) is 10.8. The summed E-state index contributed by atoms with van der Waals surface area (Å²) in [7, 11) is 0. The number of primary amides is 1. The van der Waals surface area contributed by atoms with E-state index in [9.17, 15) is 4.79 Å². The summed E-state index contributed by atoms with van der Waals surface area (Å²) in [5, 5.41) is 4.58. The van der Waals surface area contributed by atoms with Crippen molar-refractivity contribution < 1.29 is 9.21 Å². The molecule has 2 rings (SSSR count). The topological polar surface area (TPSA) is 68.3 Å². The van der Waals surface area contributed by atoms with E-state index in [-0.39, 0.29) is 11.9 Å². The lowest BCUT2D eigenvalue weighted by molar-refractivity contribution is -0.118. The zero-order chi connectivity index (χ0) is 13.1. The van der Waals surface area contributed by atoms with Crippen molar-refractivity contribution in [2.24, 2.45) is 5.73 Å². The largest absolute Gasteiger partial charge is 0.444 e. The summed E-state index contributed by atoms with van der Waals surface area (Å²) >= 11 is 6.06. The fourth-order valence-electron chi connectivity index (χ4n) is 1.88. The van der Waals surface area contributed by atoms with E-state index in [1.54, 1.807) is 0 Å². The molecule has 0 radical (unpaired) electrons. The lowest BCUT2D eigenvalue weighted by atomic mass is 10.1. The first-order chi connectivity index (χ1) is 8.58. The number of carbonyl (C=O) groups excluding carboxylic acids is 1. The van der Waals surface area contributed by atoms with Crippen LogP contribution in [0, 0.1) is 0 Å². The lowest BCUT2D eigenvalue weighted by Gasteiger charge is -2.11. The molecule has 1 amide bonds. The SMILES string of the molecule is CC(CC(N)=O)NCc1c(Cl)oc2ccccc12. The molecule has 0 fully saturated rings. The fourth-order valence-corrected chi connectivity index (χ4v) is 2.14. The second-order valence-electron chi connectivity index (χ2n) is 4.30. The summed E-state index contributed by atoms with van der Waals surface area (Å²) < 4.78 is 5.45. The van der Waals surface area contributed by atoms with Crippen molar-refractivity contribution in [2.75, 3.05) is 0 Å². The van der Waals surface area contributed by atoms with Crippen LogP contribution in [-0.2, 0) is 11.3 Å². The third-order valence-corrected chi connectivity index (χ3v) is 3.09. The Morgan fingerprint density at radius 2 is 2.22 bits per heavy atom. The summed E-state index contributed by atoms with van der Waals surface area (Å²) in [5.74, 6) is -0.321. The molecule has 1 aromatic carbocycles. The molecular weight excluding hydrogens is 252 g/mol. The minimum Gasteiger partial charge on any atom is -0.444 e. The summed E-state index contributed by atoms with van der Waals surface area (Å²) in [6, 6.07) is 7.67. The Kier molecular flexibility index (Phi) is 3.89. The fraction of sp³-hybridized carbons (Fsp3) is 0.308. The minimum atomic E-state index is -0.321. The summed E-state index contributed by atoms with van der Waals surface area (Å²) in [6.07, 6.45) is 0.299. The summed E-state index contributed by atoms with van der Waals surface area (Å²) in [6.45, 7) is 2.45. The maximum Gasteiger partial charge on any atom is 0.218 e. The molecule has 0 spiro atoms. The first kappa shape index (κ1) is 12.9. The second kappa shape index (κ2) is 5.42. The van der Waals surface area contributed by atoms with E-state index in [4.69, 9.17) is 21.8 Å². The zero-order valence-electron chi connectivity index (χ0n) is 10.1. The Labute approximate surface area is 110 Å². The second-order valence-corrected chi connectivity index (χ2v) is 4.65. The van der Waals surface area contributed by atoms with Crippen molar-refractivity contribution in [3.05, 3.63) is 35.0 Å². The van der Waals surface area contributed by atoms with Crippen molar-refractivity contribution in [1.82, 2.24) is 5.32 Å². The van der Waals surface area contributed by atoms with E-state index in [1.807, 2.05) is 31.2 Å². The average Bonchev–Trinajstić information content (AvgIpc) is 2.61. The van der Waals surface area contributed by atoms with Crippen LogP contribution in [-0.4, -0.2) is 11.9 Å². The molecule has 0 aliphatic rings. The Morgan fingerprint density at radius 3 is 2.94 bits per heavy atom. The third kappa shape index (κ3) is 2.83. The predicted octanol–water partition coefficient (Wildman–Crippen LogP) is 2.44. The maximum atomic E-state index is 10.8. The first-order valence-corrected chi connectivity index (χ1v) is 6.13. The number of para-hydroxylation sites is 1. The van der Waals surface area contributed by atoms with Gasteiger partial charge >= 0.3 is 0 Å². The normalized spacial score (nSPS) is 12.8. The average molecular weight is 267 g/mol. The molecule has 0 saturated heterocycles. The molecule has 4 nitrogen and oxygen atoms in total. The number of hydrogen-bond donors (Lipinski definition) is 2. The van der Waals surface area contributed by atoms with Crippen LogP contribution in [0.4, 0.5) is 0 Å². The number of amides is 1. The van der Waals surface area contributed by atoms with E-state index in [0.717, 1.165) is 16.5 Å². The number of benzene rings is 1. The highest BCUT2D eigenvalue weighted by Gasteiger charge is 2.13. The van der Waals surface area contributed by atoms with Crippen LogP contribution >= 0.6 is 11.6 Å². The molecule has 1 unspecified atom stereocenters. The van der Waals surface area contributed by atoms with Gasteiger partial charge in [-0.2, -0.15) is 0 Å². The van der Waals surface area contributed by atoms with Gasteiger partial charge in [0.1, 0.15) is 5.58 Å². The number of carbonyl (C=O) groups is 1. The van der Waals surface area contributed by atoms with Crippen molar-refractivity contribution >= 4 is 28.5 Å². The summed E-state index contributed by atoms with van der Waals surface area (Å²) in [5.41, 5.74) is 6.81. The van der Waals surface area contributed by atoms with Gasteiger partial charge in [-0.15, -0.1) is 0 Å². The van der Waals surface area contributed by atoms with E-state index in [2.05, 4.69) is 5.32 Å². The number of fused-ring (bicyclic) bond motifs is 1. The van der Waals surface area contributed by atoms with Crippen LogP contribution in [0.3, 0.4) is 0 Å². The van der Waals surface area contributed by atoms with E-state index >= 15 is 0 Å². The molecule has 2 aromatic rings. The van der Waals surface area contributed by atoms with Gasteiger partial charge in [-0.05, 0) is 24.6 Å². The highest BCUT2D eigenvalue weighted by Crippen LogP contribution is 2.29. The number of furan rings is 1. The molecule has 5 heteroatoms. The zero-order valence-corrected chi connectivity index (χ0v) is 10.8. The smallest absolute Gasteiger partial charge is 0.218 e. The highest BCUT2D eigenvalue weighted by atomic mass is 35.5. The van der Waals surface area contributed by atoms with Crippen LogP contribution in [0.1, 0.15) is 18.9 Å². The third-order valence-electron chi connectivity index (χ3n) is 2.78. The molecule has 3 N–H and O–H groups in total. The van der Waals surface area contributed by atoms with Gasteiger partial charge < -0.3 is 15.5 Å². The number of nitrogens with two attached hydrogens (primary N) is 1. The number of halogens is 1. The van der Waals surface area contributed by atoms with Crippen LogP contribution in [0.2, 0.25) is 5.22 Å². The van der Waals surface area contributed by atoms with Crippen LogP contribution < -0.4 is 11.1 Å². The van der Waals surface area contributed by atoms with Gasteiger partial charge in [0, 0.05) is 30.0 Å². The van der Waals surface area contributed by atoms with Crippen LogP contribution in [0.5, 0.6) is 0 Å². The first-order valence-electron chi connectivity index (χ1n) is 5.75. The van der Waals surface area contributed by atoms with E-state index in [0.29, 0.717) is 18.2 Å². The number of rotatable bonds is 5. The predicted molar refractivity (Wildman–Crippen MR) is 71.3 cm³/mol. The number of nitrogens with one attached hydrogen (secondary N) is 1. The molecule has 0 aliphatic carbocycles.